The fourth-order valence-corrected chi connectivity index (χ4v) is 2.82. The van der Waals surface area contributed by atoms with Gasteiger partial charge >= 0.3 is 0 Å². The second-order valence-electron chi connectivity index (χ2n) is 5.71. The number of halogens is 1. The molecule has 1 N–H and O–H groups in total. The van der Waals surface area contributed by atoms with Crippen LogP contribution in [0.25, 0.3) is 5.69 Å². The average molecular weight is 365 g/mol. The number of carbonyl (C=O) groups excluding carboxylic acids is 1. The fraction of sp³-hybridized carbons (Fsp3) is 0.0500. The van der Waals surface area contributed by atoms with E-state index in [1.54, 1.807) is 12.1 Å². The van der Waals surface area contributed by atoms with Crippen molar-refractivity contribution in [3.8, 4) is 17.5 Å². The van der Waals surface area contributed by atoms with E-state index < -0.39 is 11.3 Å². The number of pyridine rings is 1. The van der Waals surface area contributed by atoms with E-state index in [1.165, 1.54) is 35.0 Å². The van der Waals surface area contributed by atoms with E-state index in [4.69, 9.17) is 11.6 Å². The Bertz CT molecular complexity index is 1130. The summed E-state index contributed by atoms with van der Waals surface area (Å²) in [5.74, 6) is -0.768. The van der Waals surface area contributed by atoms with Crippen molar-refractivity contribution in [2.45, 2.75) is 6.92 Å². The Morgan fingerprint density at radius 3 is 2.62 bits per heavy atom. The molecule has 1 aromatic heterocycles. The predicted molar refractivity (Wildman–Crippen MR) is 98.0 cm³/mol. The molecule has 2 aromatic carbocycles. The number of phenols is 1. The molecule has 0 aliphatic rings. The molecule has 0 bridgehead atoms. The molecule has 0 unspecified atom stereocenters. The van der Waals surface area contributed by atoms with Gasteiger partial charge in [0, 0.05) is 16.8 Å². The maximum absolute atomic E-state index is 12.8. The summed E-state index contributed by atoms with van der Waals surface area (Å²) in [6.45, 7) is 1.82. The molecule has 0 atom stereocenters. The highest BCUT2D eigenvalue weighted by molar-refractivity contribution is 6.31. The maximum Gasteiger partial charge on any atom is 0.273 e. The Balaban J connectivity index is 2.24. The van der Waals surface area contributed by atoms with E-state index in [0.717, 1.165) is 5.56 Å². The zero-order chi connectivity index (χ0) is 18.8. The number of aromatic nitrogens is 1. The van der Waals surface area contributed by atoms with Crippen molar-refractivity contribution < 1.29 is 9.90 Å². The molecule has 0 fully saturated rings. The highest BCUT2D eigenvalue weighted by Crippen LogP contribution is 2.24. The van der Waals surface area contributed by atoms with Gasteiger partial charge in [0.2, 0.25) is 0 Å². The van der Waals surface area contributed by atoms with Crippen LogP contribution in [-0.2, 0) is 0 Å². The van der Waals surface area contributed by atoms with Crippen LogP contribution < -0.4 is 5.56 Å². The number of para-hydroxylation sites is 1. The van der Waals surface area contributed by atoms with Crippen LogP contribution in [0.15, 0.2) is 59.5 Å². The van der Waals surface area contributed by atoms with Gasteiger partial charge in [-0.15, -0.1) is 0 Å². The second kappa shape index (κ2) is 6.87. The summed E-state index contributed by atoms with van der Waals surface area (Å²) < 4.78 is 1.27. The number of aromatic hydroxyl groups is 1. The zero-order valence-electron chi connectivity index (χ0n) is 13.7. The van der Waals surface area contributed by atoms with Gasteiger partial charge in [-0.05, 0) is 42.8 Å². The van der Waals surface area contributed by atoms with Crippen LogP contribution in [0, 0.1) is 18.3 Å². The van der Waals surface area contributed by atoms with E-state index in [-0.39, 0.29) is 22.4 Å². The molecular weight excluding hydrogens is 352 g/mol. The van der Waals surface area contributed by atoms with Crippen molar-refractivity contribution in [1.29, 1.82) is 5.26 Å². The molecule has 0 saturated carbocycles. The summed E-state index contributed by atoms with van der Waals surface area (Å²) in [7, 11) is 0. The van der Waals surface area contributed by atoms with Gasteiger partial charge in [0.1, 0.15) is 17.4 Å². The lowest BCUT2D eigenvalue weighted by Gasteiger charge is -2.12. The van der Waals surface area contributed by atoms with Crippen LogP contribution in [0.3, 0.4) is 0 Å². The molecular formula is C20H13ClN2O3. The Morgan fingerprint density at radius 2 is 1.92 bits per heavy atom. The first-order valence-electron chi connectivity index (χ1n) is 7.68. The van der Waals surface area contributed by atoms with Crippen molar-refractivity contribution in [3.05, 3.63) is 92.4 Å². The highest BCUT2D eigenvalue weighted by Gasteiger charge is 2.18. The predicted octanol–water partition coefficient (Wildman–Crippen LogP) is 3.61. The molecule has 26 heavy (non-hydrogen) atoms. The molecule has 0 radical (unpaired) electrons. The average Bonchev–Trinajstić information content (AvgIpc) is 2.64. The molecule has 0 aliphatic heterocycles. The summed E-state index contributed by atoms with van der Waals surface area (Å²) in [5.41, 5.74) is 0.792. The van der Waals surface area contributed by atoms with Crippen LogP contribution in [-0.4, -0.2) is 15.5 Å². The standard InChI is InChI=1S/C20H13ClN2O3/c1-12-4-2-3-5-17(12)23-11-14(8-13(10-22)20(23)26)19(25)16-9-15(21)6-7-18(16)24/h2-9,11,24H,1H3. The Morgan fingerprint density at radius 1 is 1.19 bits per heavy atom. The van der Waals surface area contributed by atoms with Gasteiger partial charge in [0.25, 0.3) is 5.56 Å². The molecule has 0 aliphatic carbocycles. The molecule has 5 nitrogen and oxygen atoms in total. The number of benzene rings is 2. The normalized spacial score (nSPS) is 10.3. The number of nitriles is 1. The number of nitrogens with zero attached hydrogens (tertiary/aromatic N) is 2. The third-order valence-electron chi connectivity index (χ3n) is 3.98. The van der Waals surface area contributed by atoms with Crippen molar-refractivity contribution in [2.24, 2.45) is 0 Å². The molecule has 3 aromatic rings. The quantitative estimate of drug-likeness (QED) is 0.719. The number of hydrogen-bond acceptors (Lipinski definition) is 4. The van der Waals surface area contributed by atoms with E-state index >= 15 is 0 Å². The Kier molecular flexibility index (Phi) is 4.61. The fourth-order valence-electron chi connectivity index (χ4n) is 2.64. The summed E-state index contributed by atoms with van der Waals surface area (Å²) in [6, 6.07) is 14.3. The van der Waals surface area contributed by atoms with Crippen molar-refractivity contribution >= 4 is 17.4 Å². The number of hydrogen-bond donors (Lipinski definition) is 1. The van der Waals surface area contributed by atoms with Gasteiger partial charge in [-0.3, -0.25) is 14.2 Å². The van der Waals surface area contributed by atoms with E-state index in [2.05, 4.69) is 0 Å². The van der Waals surface area contributed by atoms with Gasteiger partial charge < -0.3 is 5.11 Å². The van der Waals surface area contributed by atoms with Gasteiger partial charge in [-0.25, -0.2) is 0 Å². The Hall–Kier alpha value is -3.36. The minimum atomic E-state index is -0.538. The van der Waals surface area contributed by atoms with Crippen LogP contribution in [0.5, 0.6) is 5.75 Å². The molecule has 6 heteroatoms. The summed E-state index contributed by atoms with van der Waals surface area (Å²) >= 11 is 5.91. The van der Waals surface area contributed by atoms with Crippen LogP contribution in [0.2, 0.25) is 5.02 Å². The van der Waals surface area contributed by atoms with Crippen molar-refractivity contribution in [2.75, 3.05) is 0 Å². The van der Waals surface area contributed by atoms with Crippen LogP contribution in [0.1, 0.15) is 27.0 Å². The first-order valence-corrected chi connectivity index (χ1v) is 8.06. The third-order valence-corrected chi connectivity index (χ3v) is 4.21. The number of ketones is 1. The van der Waals surface area contributed by atoms with Crippen LogP contribution >= 0.6 is 11.6 Å². The Labute approximate surface area is 154 Å². The topological polar surface area (TPSA) is 83.1 Å². The second-order valence-corrected chi connectivity index (χ2v) is 6.14. The highest BCUT2D eigenvalue weighted by atomic mass is 35.5. The van der Waals surface area contributed by atoms with E-state index in [0.29, 0.717) is 10.7 Å². The molecule has 128 valence electrons. The van der Waals surface area contributed by atoms with Gasteiger partial charge in [0.15, 0.2) is 5.78 Å². The van der Waals surface area contributed by atoms with E-state index in [9.17, 15) is 20.0 Å². The van der Waals surface area contributed by atoms with Crippen molar-refractivity contribution in [1.82, 2.24) is 4.57 Å². The minimum Gasteiger partial charge on any atom is -0.507 e. The lowest BCUT2D eigenvalue weighted by atomic mass is 10.0. The van der Waals surface area contributed by atoms with Crippen molar-refractivity contribution in [3.63, 3.8) is 0 Å². The summed E-state index contributed by atoms with van der Waals surface area (Å²) in [6.07, 6.45) is 1.37. The van der Waals surface area contributed by atoms with Gasteiger partial charge in [-0.1, -0.05) is 29.8 Å². The first kappa shape index (κ1) is 17.5. The first-order chi connectivity index (χ1) is 12.4. The summed E-state index contributed by atoms with van der Waals surface area (Å²) in [4.78, 5) is 25.4. The smallest absolute Gasteiger partial charge is 0.273 e. The molecule has 3 rings (SSSR count). The molecule has 1 heterocycles. The van der Waals surface area contributed by atoms with Gasteiger partial charge in [0.05, 0.1) is 11.3 Å². The van der Waals surface area contributed by atoms with Crippen LogP contribution in [0.4, 0.5) is 0 Å². The largest absolute Gasteiger partial charge is 0.507 e. The molecule has 0 amide bonds. The third kappa shape index (κ3) is 3.10. The zero-order valence-corrected chi connectivity index (χ0v) is 14.5. The number of aryl methyl sites for hydroxylation is 1. The molecule has 0 saturated heterocycles. The summed E-state index contributed by atoms with van der Waals surface area (Å²) in [5, 5.41) is 19.5. The number of carbonyl (C=O) groups is 1. The monoisotopic (exact) mass is 364 g/mol. The number of phenolic OH excluding ortho intramolecular Hbond substituents is 1. The van der Waals surface area contributed by atoms with E-state index in [1.807, 2.05) is 25.1 Å². The number of rotatable bonds is 3. The SMILES string of the molecule is Cc1ccccc1-n1cc(C(=O)c2cc(Cl)ccc2O)cc(C#N)c1=O. The van der Waals surface area contributed by atoms with Gasteiger partial charge in [-0.2, -0.15) is 5.26 Å². The lowest BCUT2D eigenvalue weighted by molar-refractivity contribution is 0.103. The molecule has 0 spiro atoms. The lowest BCUT2D eigenvalue weighted by Crippen LogP contribution is -2.23. The maximum atomic E-state index is 12.8. The minimum absolute atomic E-state index is 0.00336.